The van der Waals surface area contributed by atoms with Crippen molar-refractivity contribution in [2.24, 2.45) is 0 Å². The molecule has 0 saturated heterocycles. The third-order valence-electron chi connectivity index (χ3n) is 1.05. The lowest BCUT2D eigenvalue weighted by atomic mass is 10.3. The maximum Gasteiger partial charge on any atom is 0.236 e. The van der Waals surface area contributed by atoms with Crippen LogP contribution in [0.4, 0.5) is 0 Å². The third kappa shape index (κ3) is 2.12. The van der Waals surface area contributed by atoms with Crippen LogP contribution in [0.5, 0.6) is 5.75 Å². The molecule has 1 N–H and O–H groups in total. The van der Waals surface area contributed by atoms with Crippen LogP contribution in [0.1, 0.15) is 5.69 Å². The number of aromatic nitrogens is 1. The van der Waals surface area contributed by atoms with Crippen LogP contribution in [0.3, 0.4) is 0 Å². The molecular weight excluding hydrogens is 208 g/mol. The van der Waals surface area contributed by atoms with Crippen LogP contribution in [-0.4, -0.2) is 10.1 Å². The first-order chi connectivity index (χ1) is 5.02. The molecule has 1 aromatic heterocycles. The molecule has 0 aromatic carbocycles. The lowest BCUT2D eigenvalue weighted by Gasteiger charge is -2.10. The number of nitrogens with zero attached hydrogens (tertiary/aromatic N) is 1. The van der Waals surface area contributed by atoms with Crippen LogP contribution in [0, 0.1) is 0 Å². The van der Waals surface area contributed by atoms with Gasteiger partial charge in [-0.3, -0.25) is 4.98 Å². The summed E-state index contributed by atoms with van der Waals surface area (Å²) in [5, 5.41) is 9.13. The molecule has 1 heterocycles. The van der Waals surface area contributed by atoms with Gasteiger partial charge in [-0.15, -0.1) is 0 Å². The molecule has 2 nitrogen and oxygen atoms in total. The highest BCUT2D eigenvalue weighted by molar-refractivity contribution is 6.66. The zero-order chi connectivity index (χ0) is 8.48. The monoisotopic (exact) mass is 211 g/mol. The molecule has 1 aromatic rings. The first-order valence-corrected chi connectivity index (χ1v) is 3.86. The van der Waals surface area contributed by atoms with Gasteiger partial charge in [0.25, 0.3) is 0 Å². The van der Waals surface area contributed by atoms with Gasteiger partial charge < -0.3 is 5.11 Å². The van der Waals surface area contributed by atoms with Gasteiger partial charge >= 0.3 is 0 Å². The smallest absolute Gasteiger partial charge is 0.236 e. The predicted molar refractivity (Wildman–Crippen MR) is 45.1 cm³/mol. The van der Waals surface area contributed by atoms with Crippen molar-refractivity contribution in [3.8, 4) is 5.75 Å². The summed E-state index contributed by atoms with van der Waals surface area (Å²) in [6, 6.07) is 2.96. The van der Waals surface area contributed by atoms with E-state index in [1.165, 1.54) is 12.3 Å². The predicted octanol–water partition coefficient (Wildman–Crippen LogP) is 2.61. The SMILES string of the molecule is Oc1cccnc1C(Cl)(Cl)Cl. The number of rotatable bonds is 0. The Hall–Kier alpha value is -0.180. The highest BCUT2D eigenvalue weighted by Crippen LogP contribution is 2.40. The van der Waals surface area contributed by atoms with Gasteiger partial charge in [0.15, 0.2) is 0 Å². The fourth-order valence-corrected chi connectivity index (χ4v) is 1.05. The molecule has 0 aliphatic carbocycles. The zero-order valence-electron chi connectivity index (χ0n) is 5.26. The number of hydrogen-bond donors (Lipinski definition) is 1. The highest BCUT2D eigenvalue weighted by atomic mass is 35.6. The molecule has 0 fully saturated rings. The van der Waals surface area contributed by atoms with Gasteiger partial charge in [0.2, 0.25) is 3.79 Å². The van der Waals surface area contributed by atoms with Crippen molar-refractivity contribution in [1.82, 2.24) is 4.98 Å². The summed E-state index contributed by atoms with van der Waals surface area (Å²) in [7, 11) is 0. The Morgan fingerprint density at radius 2 is 2.00 bits per heavy atom. The Balaban J connectivity index is 3.14. The first-order valence-electron chi connectivity index (χ1n) is 2.73. The number of pyridine rings is 1. The third-order valence-corrected chi connectivity index (χ3v) is 1.59. The Kier molecular flexibility index (Phi) is 2.47. The Labute approximate surface area is 78.7 Å². The highest BCUT2D eigenvalue weighted by Gasteiger charge is 2.27. The zero-order valence-corrected chi connectivity index (χ0v) is 7.53. The molecule has 0 bridgehead atoms. The topological polar surface area (TPSA) is 33.1 Å². The van der Waals surface area contributed by atoms with Crippen molar-refractivity contribution in [2.75, 3.05) is 0 Å². The largest absolute Gasteiger partial charge is 0.506 e. The number of aromatic hydroxyl groups is 1. The van der Waals surface area contributed by atoms with Crippen LogP contribution in [0.2, 0.25) is 0 Å². The molecule has 0 spiro atoms. The molecule has 0 atom stereocenters. The minimum absolute atomic E-state index is 0.0463. The van der Waals surface area contributed by atoms with Gasteiger partial charge in [0.1, 0.15) is 11.4 Å². The van der Waals surface area contributed by atoms with E-state index >= 15 is 0 Å². The van der Waals surface area contributed by atoms with Crippen LogP contribution in [0.15, 0.2) is 18.3 Å². The van der Waals surface area contributed by atoms with Crippen molar-refractivity contribution in [1.29, 1.82) is 0 Å². The molecule has 60 valence electrons. The quantitative estimate of drug-likeness (QED) is 0.671. The summed E-state index contributed by atoms with van der Waals surface area (Å²) >= 11 is 16.4. The average molecular weight is 212 g/mol. The fourth-order valence-electron chi connectivity index (χ4n) is 0.615. The van der Waals surface area contributed by atoms with Gasteiger partial charge in [0, 0.05) is 6.20 Å². The van der Waals surface area contributed by atoms with E-state index in [1.54, 1.807) is 6.07 Å². The maximum absolute atomic E-state index is 9.13. The van der Waals surface area contributed by atoms with Crippen molar-refractivity contribution >= 4 is 34.8 Å². The Morgan fingerprint density at radius 1 is 1.36 bits per heavy atom. The Bertz CT molecular complexity index is 258. The molecule has 11 heavy (non-hydrogen) atoms. The van der Waals surface area contributed by atoms with Gasteiger partial charge in [0.05, 0.1) is 0 Å². The van der Waals surface area contributed by atoms with Crippen molar-refractivity contribution in [3.05, 3.63) is 24.0 Å². The standard InChI is InChI=1S/C6H4Cl3NO/c7-6(8,9)5-4(11)2-1-3-10-5/h1-3,11H. The van der Waals surface area contributed by atoms with Gasteiger partial charge in [-0.2, -0.15) is 0 Å². The lowest BCUT2D eigenvalue weighted by molar-refractivity contribution is 0.465. The number of halogens is 3. The van der Waals surface area contributed by atoms with E-state index in [4.69, 9.17) is 39.9 Å². The fraction of sp³-hybridized carbons (Fsp3) is 0.167. The van der Waals surface area contributed by atoms with Crippen molar-refractivity contribution < 1.29 is 5.11 Å². The summed E-state index contributed by atoms with van der Waals surface area (Å²) in [6.45, 7) is 0. The van der Waals surface area contributed by atoms with E-state index in [2.05, 4.69) is 4.98 Å². The van der Waals surface area contributed by atoms with Gasteiger partial charge in [-0.25, -0.2) is 0 Å². The van der Waals surface area contributed by atoms with Crippen LogP contribution >= 0.6 is 34.8 Å². The number of alkyl halides is 3. The number of hydrogen-bond acceptors (Lipinski definition) is 2. The second-order valence-electron chi connectivity index (χ2n) is 1.87. The molecule has 5 heteroatoms. The summed E-state index contributed by atoms with van der Waals surface area (Å²) in [6.07, 6.45) is 1.44. The van der Waals surface area contributed by atoms with E-state index in [0.29, 0.717) is 0 Å². The molecule has 0 saturated carbocycles. The molecule has 0 radical (unpaired) electrons. The molecule has 1 rings (SSSR count). The van der Waals surface area contributed by atoms with E-state index in [1.807, 2.05) is 0 Å². The maximum atomic E-state index is 9.13. The summed E-state index contributed by atoms with van der Waals surface area (Å²) in [5.41, 5.74) is 0.0463. The van der Waals surface area contributed by atoms with E-state index < -0.39 is 3.79 Å². The van der Waals surface area contributed by atoms with E-state index in [0.717, 1.165) is 0 Å². The average Bonchev–Trinajstić information content (AvgIpc) is 1.86. The minimum atomic E-state index is -1.66. The normalized spacial score (nSPS) is 11.5. The van der Waals surface area contributed by atoms with E-state index in [9.17, 15) is 0 Å². The Morgan fingerprint density at radius 3 is 2.36 bits per heavy atom. The molecule has 0 aliphatic heterocycles. The first kappa shape index (κ1) is 8.91. The molecular formula is C6H4Cl3NO. The lowest BCUT2D eigenvalue weighted by Crippen LogP contribution is -2.02. The van der Waals surface area contributed by atoms with E-state index in [-0.39, 0.29) is 11.4 Å². The second kappa shape index (κ2) is 3.05. The van der Waals surface area contributed by atoms with Gasteiger partial charge in [-0.05, 0) is 12.1 Å². The molecule has 0 unspecified atom stereocenters. The summed E-state index contributed by atoms with van der Waals surface area (Å²) in [5.74, 6) is -0.118. The van der Waals surface area contributed by atoms with Crippen LogP contribution in [0.25, 0.3) is 0 Å². The summed E-state index contributed by atoms with van der Waals surface area (Å²) < 4.78 is -1.66. The summed E-state index contributed by atoms with van der Waals surface area (Å²) in [4.78, 5) is 3.70. The van der Waals surface area contributed by atoms with Crippen molar-refractivity contribution in [2.45, 2.75) is 3.79 Å². The molecule has 0 amide bonds. The minimum Gasteiger partial charge on any atom is -0.506 e. The second-order valence-corrected chi connectivity index (χ2v) is 4.15. The van der Waals surface area contributed by atoms with Crippen LogP contribution in [-0.2, 0) is 3.79 Å². The molecule has 0 aliphatic rings. The van der Waals surface area contributed by atoms with Crippen molar-refractivity contribution in [3.63, 3.8) is 0 Å². The van der Waals surface area contributed by atoms with Crippen LogP contribution < -0.4 is 0 Å². The van der Waals surface area contributed by atoms with Gasteiger partial charge in [-0.1, -0.05) is 34.8 Å².